The van der Waals surface area contributed by atoms with E-state index in [1.165, 1.54) is 11.1 Å². The maximum Gasteiger partial charge on any atom is 0.373 e. The Labute approximate surface area is 378 Å². The quantitative estimate of drug-likeness (QED) is 0.236. The number of aromatic nitrogens is 1. The maximum atomic E-state index is 14.4. The van der Waals surface area contributed by atoms with Gasteiger partial charge in [0, 0.05) is 29.1 Å². The number of benzene rings is 1. The van der Waals surface area contributed by atoms with Gasteiger partial charge in [-0.25, -0.2) is 0 Å². The van der Waals surface area contributed by atoms with Gasteiger partial charge in [0.05, 0.1) is 11.5 Å². The predicted octanol–water partition coefficient (Wildman–Crippen LogP) is 11.1. The molecule has 2 aromatic rings. The van der Waals surface area contributed by atoms with Gasteiger partial charge in [0.1, 0.15) is 6.10 Å². The SMILES string of the molecule is CC(C)C1=C2[C@H]3CC[C@@H]4[C@@]5(C)CC[C@H](OC(=O)[C@H]6C[C@@H](Cc7ccccc7)C6(C)C)C(C)(C)[C@@H]5CC[C@@]4(C)[C@]3(C)CC[C@@]2(NC(=O)C(C)(C)CCc2ccccn2)CC1=O.O=C=O. The Balaban J connectivity index is 0.00000193. The number of ketones is 1. The minimum absolute atomic E-state index is 0.00622. The van der Waals surface area contributed by atoms with Gasteiger partial charge >= 0.3 is 12.1 Å². The Bertz CT molecular complexity index is 2120. The van der Waals surface area contributed by atoms with Crippen LogP contribution in [0.3, 0.4) is 0 Å². The third-order valence-corrected chi connectivity index (χ3v) is 19.4. The van der Waals surface area contributed by atoms with Crippen molar-refractivity contribution >= 4 is 23.8 Å². The number of ether oxygens (including phenoxy) is 1. The van der Waals surface area contributed by atoms with E-state index in [1.807, 2.05) is 24.4 Å². The van der Waals surface area contributed by atoms with Gasteiger partial charge in [-0.15, -0.1) is 0 Å². The molecule has 8 nitrogen and oxygen atoms in total. The van der Waals surface area contributed by atoms with E-state index in [-0.39, 0.29) is 74.7 Å². The number of carbonyl (C=O) groups excluding carboxylic acids is 5. The van der Waals surface area contributed by atoms with Crippen LogP contribution in [0.1, 0.15) is 158 Å². The molecule has 342 valence electrons. The highest BCUT2D eigenvalue weighted by atomic mass is 16.5. The van der Waals surface area contributed by atoms with E-state index in [9.17, 15) is 14.4 Å². The molecule has 1 amide bonds. The van der Waals surface area contributed by atoms with Gasteiger partial charge in [-0.05, 0) is 157 Å². The van der Waals surface area contributed by atoms with Crippen molar-refractivity contribution in [2.45, 2.75) is 171 Å². The average Bonchev–Trinajstić information content (AvgIpc) is 3.52. The summed E-state index contributed by atoms with van der Waals surface area (Å²) in [6.45, 7) is 25.6. The second-order valence-electron chi connectivity index (χ2n) is 23.8. The highest BCUT2D eigenvalue weighted by Crippen LogP contribution is 2.76. The second kappa shape index (κ2) is 16.8. The smallest absolute Gasteiger partial charge is 0.373 e. The monoisotopic (exact) mass is 861 g/mol. The van der Waals surface area contributed by atoms with E-state index in [1.54, 1.807) is 0 Å². The summed E-state index contributed by atoms with van der Waals surface area (Å²) in [4.78, 5) is 63.5. The zero-order valence-corrected chi connectivity index (χ0v) is 40.3. The number of fused-ring (bicyclic) bond motifs is 7. The normalized spacial score (nSPS) is 36.2. The van der Waals surface area contributed by atoms with Crippen molar-refractivity contribution in [1.82, 2.24) is 10.3 Å². The first-order valence-corrected chi connectivity index (χ1v) is 24.3. The van der Waals surface area contributed by atoms with E-state index in [0.29, 0.717) is 30.6 Å². The van der Waals surface area contributed by atoms with Gasteiger partial charge in [0.15, 0.2) is 5.78 Å². The van der Waals surface area contributed by atoms with Crippen molar-refractivity contribution in [3.8, 4) is 0 Å². The molecule has 8 heteroatoms. The average molecular weight is 861 g/mol. The van der Waals surface area contributed by atoms with Crippen LogP contribution in [0.25, 0.3) is 0 Å². The van der Waals surface area contributed by atoms with Crippen LogP contribution in [-0.2, 0) is 41.6 Å². The molecule has 0 spiro atoms. The van der Waals surface area contributed by atoms with Crippen molar-refractivity contribution in [1.29, 1.82) is 0 Å². The Kier molecular flexibility index (Phi) is 12.6. The lowest BCUT2D eigenvalue weighted by atomic mass is 9.33. The standard InChI is InChI=1S/C54H76N2O4.CO2/c1-34(2)44-40(57)33-54(56-47(59)48(3,4)25-22-37-19-15-16-30-55-37)29-28-52(10)38(45(44)54)20-21-42-51(9)26-24-43(50(7,8)41(51)23-27-53(42,52)11)60-46(58)39-32-36(49(39,5)6)31-35-17-13-12-14-18-35;2-1-3/h12-19,30,34,36,38-39,41-43H,20-29,31-33H2,1-11H3,(H,56,59);/t36-,38-,39-,41+,42-,43+,51+,52-,53-,54-;/m1./s1. The maximum absolute atomic E-state index is 14.4. The number of nitrogens with one attached hydrogen (secondary N) is 1. The summed E-state index contributed by atoms with van der Waals surface area (Å²) in [5, 5.41) is 3.66. The molecule has 1 heterocycles. The highest BCUT2D eigenvalue weighted by Gasteiger charge is 2.70. The van der Waals surface area contributed by atoms with Gasteiger partial charge in [-0.3, -0.25) is 19.4 Å². The van der Waals surface area contributed by atoms with Crippen LogP contribution in [0.4, 0.5) is 0 Å². The summed E-state index contributed by atoms with van der Waals surface area (Å²) in [6.07, 6.45) is 14.0. The molecule has 0 radical (unpaired) electrons. The molecule has 6 aliphatic carbocycles. The Morgan fingerprint density at radius 1 is 0.841 bits per heavy atom. The number of esters is 1. The number of carbonyl (C=O) groups is 3. The molecule has 6 aliphatic rings. The van der Waals surface area contributed by atoms with Crippen molar-refractivity contribution < 1.29 is 28.7 Å². The number of pyridine rings is 1. The zero-order valence-electron chi connectivity index (χ0n) is 40.3. The number of Topliss-reactive ketones (excluding diaryl/α,β-unsaturated/α-hetero) is 1. The summed E-state index contributed by atoms with van der Waals surface area (Å²) in [5.74, 6) is 2.13. The number of allylic oxidation sites excluding steroid dienone is 1. The van der Waals surface area contributed by atoms with E-state index < -0.39 is 11.0 Å². The lowest BCUT2D eigenvalue weighted by Crippen LogP contribution is -2.67. The topological polar surface area (TPSA) is 119 Å². The van der Waals surface area contributed by atoms with Crippen LogP contribution >= 0.6 is 0 Å². The number of rotatable bonds is 10. The first kappa shape index (κ1) is 47.1. The van der Waals surface area contributed by atoms with Crippen LogP contribution in [0.15, 0.2) is 65.9 Å². The highest BCUT2D eigenvalue weighted by molar-refractivity contribution is 6.02. The van der Waals surface area contributed by atoms with Crippen molar-refractivity contribution in [3.63, 3.8) is 0 Å². The fourth-order valence-corrected chi connectivity index (χ4v) is 15.3. The van der Waals surface area contributed by atoms with Gasteiger partial charge in [-0.2, -0.15) is 9.59 Å². The second-order valence-corrected chi connectivity index (χ2v) is 23.8. The summed E-state index contributed by atoms with van der Waals surface area (Å²) < 4.78 is 6.69. The lowest BCUT2D eigenvalue weighted by Gasteiger charge is -2.72. The molecular weight excluding hydrogens is 785 g/mol. The van der Waals surface area contributed by atoms with Crippen molar-refractivity contribution in [3.05, 3.63) is 77.1 Å². The summed E-state index contributed by atoms with van der Waals surface area (Å²) >= 11 is 0. The molecule has 10 atom stereocenters. The zero-order chi connectivity index (χ0) is 46.0. The number of amides is 1. The Hall–Kier alpha value is -3.90. The summed E-state index contributed by atoms with van der Waals surface area (Å²) in [7, 11) is 0. The van der Waals surface area contributed by atoms with Crippen LogP contribution in [-0.4, -0.2) is 40.4 Å². The van der Waals surface area contributed by atoms with Gasteiger partial charge in [0.25, 0.3) is 0 Å². The molecular formula is C55H76N2O6. The van der Waals surface area contributed by atoms with Crippen molar-refractivity contribution in [2.75, 3.05) is 0 Å². The van der Waals surface area contributed by atoms with Crippen LogP contribution < -0.4 is 5.32 Å². The molecule has 8 rings (SSSR count). The first-order valence-electron chi connectivity index (χ1n) is 24.3. The molecule has 1 aromatic carbocycles. The molecule has 0 bridgehead atoms. The predicted molar refractivity (Wildman–Crippen MR) is 245 cm³/mol. The molecule has 1 N–H and O–H groups in total. The van der Waals surface area contributed by atoms with Gasteiger partial charge in [0.2, 0.25) is 5.91 Å². The van der Waals surface area contributed by atoms with Gasteiger partial charge in [-0.1, -0.05) is 113 Å². The van der Waals surface area contributed by atoms with E-state index in [4.69, 9.17) is 14.3 Å². The first-order chi connectivity index (χ1) is 29.5. The molecule has 0 saturated heterocycles. The largest absolute Gasteiger partial charge is 0.462 e. The molecule has 63 heavy (non-hydrogen) atoms. The Morgan fingerprint density at radius 3 is 2.16 bits per heavy atom. The summed E-state index contributed by atoms with van der Waals surface area (Å²) in [6, 6.07) is 16.7. The van der Waals surface area contributed by atoms with Crippen LogP contribution in [0.2, 0.25) is 0 Å². The molecule has 5 saturated carbocycles. The lowest BCUT2D eigenvalue weighted by molar-refractivity contribution is -0.235. The fraction of sp³-hybridized carbons (Fsp3) is 0.691. The number of hydrogen-bond acceptors (Lipinski definition) is 7. The number of aryl methyl sites for hydroxylation is 1. The molecule has 0 unspecified atom stereocenters. The molecule has 0 aliphatic heterocycles. The minimum Gasteiger partial charge on any atom is -0.462 e. The fourth-order valence-electron chi connectivity index (χ4n) is 15.3. The summed E-state index contributed by atoms with van der Waals surface area (Å²) in [5.41, 5.74) is 3.46. The van der Waals surface area contributed by atoms with E-state index in [2.05, 4.69) is 117 Å². The van der Waals surface area contributed by atoms with Crippen LogP contribution in [0, 0.1) is 68.0 Å². The van der Waals surface area contributed by atoms with Crippen molar-refractivity contribution in [2.24, 2.45) is 68.0 Å². The number of nitrogens with zero attached hydrogens (tertiary/aromatic N) is 1. The third-order valence-electron chi connectivity index (χ3n) is 19.4. The molecule has 1 aromatic heterocycles. The number of hydrogen-bond donors (Lipinski definition) is 1. The van der Waals surface area contributed by atoms with E-state index >= 15 is 0 Å². The van der Waals surface area contributed by atoms with Crippen LogP contribution in [0.5, 0.6) is 0 Å². The molecule has 5 fully saturated rings. The third kappa shape index (κ3) is 7.80. The minimum atomic E-state index is -0.606. The Morgan fingerprint density at radius 2 is 1.52 bits per heavy atom. The van der Waals surface area contributed by atoms with E-state index in [0.717, 1.165) is 81.9 Å². The van der Waals surface area contributed by atoms with Gasteiger partial charge < -0.3 is 10.1 Å².